The lowest BCUT2D eigenvalue weighted by atomic mass is 9.86. The van der Waals surface area contributed by atoms with Crippen molar-refractivity contribution in [3.63, 3.8) is 0 Å². The Labute approximate surface area is 146 Å². The summed E-state index contributed by atoms with van der Waals surface area (Å²) in [6, 6.07) is 5.72. The molecule has 0 aliphatic heterocycles. The summed E-state index contributed by atoms with van der Waals surface area (Å²) in [5.74, 6) is 2.58. The van der Waals surface area contributed by atoms with Gasteiger partial charge in [0.15, 0.2) is 0 Å². The molecule has 1 fully saturated rings. The van der Waals surface area contributed by atoms with Gasteiger partial charge in [-0.2, -0.15) is 0 Å². The molecule has 1 aromatic carbocycles. The molecule has 0 N–H and O–H groups in total. The van der Waals surface area contributed by atoms with Gasteiger partial charge in [0, 0.05) is 31.6 Å². The predicted molar refractivity (Wildman–Crippen MR) is 96.4 cm³/mol. The maximum absolute atomic E-state index is 12.4. The summed E-state index contributed by atoms with van der Waals surface area (Å²) in [7, 11) is 5.15. The Kier molecular flexibility index (Phi) is 7.41. The molecule has 0 bridgehead atoms. The number of methoxy groups -OCH3 is 2. The molecule has 1 aliphatic carbocycles. The van der Waals surface area contributed by atoms with E-state index in [-0.39, 0.29) is 5.91 Å². The van der Waals surface area contributed by atoms with E-state index in [1.807, 2.05) is 25.2 Å². The van der Waals surface area contributed by atoms with E-state index < -0.39 is 0 Å². The largest absolute Gasteiger partial charge is 0.497 e. The molecule has 24 heavy (non-hydrogen) atoms. The fourth-order valence-electron chi connectivity index (χ4n) is 3.53. The average molecular weight is 333 g/mol. The van der Waals surface area contributed by atoms with Gasteiger partial charge in [-0.1, -0.05) is 32.1 Å². The van der Waals surface area contributed by atoms with Gasteiger partial charge in [-0.05, 0) is 30.9 Å². The minimum atomic E-state index is 0.212. The summed E-state index contributed by atoms with van der Waals surface area (Å²) in [6.45, 7) is 0.565. The molecule has 1 saturated carbocycles. The molecule has 0 unspecified atom stereocenters. The first-order chi connectivity index (χ1) is 11.6. The van der Waals surface area contributed by atoms with Crippen LogP contribution in [-0.4, -0.2) is 32.1 Å². The molecule has 0 radical (unpaired) electrons. The van der Waals surface area contributed by atoms with Crippen molar-refractivity contribution in [3.05, 3.63) is 23.8 Å². The quantitative estimate of drug-likeness (QED) is 0.707. The Bertz CT molecular complexity index is 524. The zero-order chi connectivity index (χ0) is 17.4. The normalized spacial score (nSPS) is 15.1. The Balaban J connectivity index is 1.80. The molecule has 4 nitrogen and oxygen atoms in total. The predicted octanol–water partition coefficient (Wildman–Crippen LogP) is 4.41. The summed E-state index contributed by atoms with van der Waals surface area (Å²) in [5, 5.41) is 0. The highest BCUT2D eigenvalue weighted by Crippen LogP contribution is 2.28. The number of rotatable bonds is 8. The van der Waals surface area contributed by atoms with Gasteiger partial charge in [0.25, 0.3) is 0 Å². The third-order valence-corrected chi connectivity index (χ3v) is 5.06. The van der Waals surface area contributed by atoms with Crippen LogP contribution in [0.2, 0.25) is 0 Å². The molecule has 1 aliphatic rings. The van der Waals surface area contributed by atoms with Gasteiger partial charge in [-0.3, -0.25) is 4.79 Å². The first-order valence-corrected chi connectivity index (χ1v) is 9.09. The standard InChI is InChI=1S/C20H31NO3/c1-21(15-17-12-13-18(23-2)14-19(17)24-3)20(22)11-7-10-16-8-5-4-6-9-16/h12-14,16H,4-11,15H2,1-3H3. The highest BCUT2D eigenvalue weighted by Gasteiger charge is 2.16. The Morgan fingerprint density at radius 2 is 1.92 bits per heavy atom. The highest BCUT2D eigenvalue weighted by atomic mass is 16.5. The number of amides is 1. The van der Waals surface area contributed by atoms with E-state index in [1.54, 1.807) is 19.1 Å². The molecule has 0 heterocycles. The maximum Gasteiger partial charge on any atom is 0.222 e. The van der Waals surface area contributed by atoms with Gasteiger partial charge in [-0.25, -0.2) is 0 Å². The molecule has 134 valence electrons. The monoisotopic (exact) mass is 333 g/mol. The molecule has 1 amide bonds. The molecule has 0 saturated heterocycles. The van der Waals surface area contributed by atoms with Gasteiger partial charge in [0.05, 0.1) is 14.2 Å². The molecule has 2 rings (SSSR count). The lowest BCUT2D eigenvalue weighted by Gasteiger charge is -2.22. The SMILES string of the molecule is COc1ccc(CN(C)C(=O)CCCC2CCCCC2)c(OC)c1. The summed E-state index contributed by atoms with van der Waals surface area (Å²) in [4.78, 5) is 14.2. The van der Waals surface area contributed by atoms with E-state index in [0.29, 0.717) is 13.0 Å². The van der Waals surface area contributed by atoms with Gasteiger partial charge < -0.3 is 14.4 Å². The Morgan fingerprint density at radius 3 is 2.58 bits per heavy atom. The van der Waals surface area contributed by atoms with Gasteiger partial charge in [0.1, 0.15) is 11.5 Å². The van der Waals surface area contributed by atoms with Gasteiger partial charge in [0.2, 0.25) is 5.91 Å². The number of hydrogen-bond acceptors (Lipinski definition) is 3. The number of nitrogens with zero attached hydrogens (tertiary/aromatic N) is 1. The van der Waals surface area contributed by atoms with Crippen LogP contribution in [0, 0.1) is 5.92 Å². The van der Waals surface area contributed by atoms with E-state index >= 15 is 0 Å². The van der Waals surface area contributed by atoms with Crippen LogP contribution >= 0.6 is 0 Å². The average Bonchev–Trinajstić information content (AvgIpc) is 2.62. The van der Waals surface area contributed by atoms with Crippen LogP contribution in [0.1, 0.15) is 56.9 Å². The van der Waals surface area contributed by atoms with Crippen molar-refractivity contribution in [2.45, 2.75) is 57.9 Å². The van der Waals surface area contributed by atoms with Crippen LogP contribution in [0.25, 0.3) is 0 Å². The first kappa shape index (κ1) is 18.6. The van der Waals surface area contributed by atoms with Crippen molar-refractivity contribution >= 4 is 5.91 Å². The molecule has 1 aromatic rings. The summed E-state index contributed by atoms with van der Waals surface area (Å²) >= 11 is 0. The molecule has 4 heteroatoms. The number of carbonyl (C=O) groups is 1. The van der Waals surface area contributed by atoms with Crippen LogP contribution in [0.4, 0.5) is 0 Å². The number of ether oxygens (including phenoxy) is 2. The lowest BCUT2D eigenvalue weighted by Crippen LogP contribution is -2.26. The number of hydrogen-bond donors (Lipinski definition) is 0. The third kappa shape index (κ3) is 5.43. The van der Waals surface area contributed by atoms with Crippen molar-refractivity contribution in [1.29, 1.82) is 0 Å². The van der Waals surface area contributed by atoms with Crippen LogP contribution in [0.15, 0.2) is 18.2 Å². The molecule has 0 aromatic heterocycles. The van der Waals surface area contributed by atoms with Crippen LogP contribution in [0.5, 0.6) is 11.5 Å². The van der Waals surface area contributed by atoms with Crippen LogP contribution < -0.4 is 9.47 Å². The van der Waals surface area contributed by atoms with Crippen molar-refractivity contribution in [1.82, 2.24) is 4.90 Å². The van der Waals surface area contributed by atoms with Crippen molar-refractivity contribution in [2.24, 2.45) is 5.92 Å². The molecule has 0 atom stereocenters. The highest BCUT2D eigenvalue weighted by molar-refractivity contribution is 5.75. The second-order valence-corrected chi connectivity index (χ2v) is 6.82. The third-order valence-electron chi connectivity index (χ3n) is 5.06. The Morgan fingerprint density at radius 1 is 1.17 bits per heavy atom. The molecular weight excluding hydrogens is 302 g/mol. The first-order valence-electron chi connectivity index (χ1n) is 9.09. The summed E-state index contributed by atoms with van der Waals surface area (Å²) < 4.78 is 10.6. The van der Waals surface area contributed by atoms with Crippen molar-refractivity contribution in [3.8, 4) is 11.5 Å². The fourth-order valence-corrected chi connectivity index (χ4v) is 3.53. The van der Waals surface area contributed by atoms with E-state index in [4.69, 9.17) is 9.47 Å². The van der Waals surface area contributed by atoms with Crippen LogP contribution in [-0.2, 0) is 11.3 Å². The zero-order valence-corrected chi connectivity index (χ0v) is 15.3. The second kappa shape index (κ2) is 9.55. The van der Waals surface area contributed by atoms with Crippen LogP contribution in [0.3, 0.4) is 0 Å². The minimum absolute atomic E-state index is 0.212. The van der Waals surface area contributed by atoms with E-state index in [2.05, 4.69) is 0 Å². The van der Waals surface area contributed by atoms with E-state index in [1.165, 1.54) is 38.5 Å². The topological polar surface area (TPSA) is 38.8 Å². The number of benzene rings is 1. The fraction of sp³-hybridized carbons (Fsp3) is 0.650. The van der Waals surface area contributed by atoms with Crippen molar-refractivity contribution in [2.75, 3.05) is 21.3 Å². The minimum Gasteiger partial charge on any atom is -0.497 e. The summed E-state index contributed by atoms with van der Waals surface area (Å²) in [6.07, 6.45) is 9.69. The van der Waals surface area contributed by atoms with Crippen molar-refractivity contribution < 1.29 is 14.3 Å². The number of carbonyl (C=O) groups excluding carboxylic acids is 1. The summed E-state index contributed by atoms with van der Waals surface area (Å²) in [5.41, 5.74) is 1.00. The van der Waals surface area contributed by atoms with E-state index in [0.717, 1.165) is 29.4 Å². The molecular formula is C20H31NO3. The van der Waals surface area contributed by atoms with E-state index in [9.17, 15) is 4.79 Å². The molecule has 0 spiro atoms. The Hall–Kier alpha value is -1.71. The lowest BCUT2D eigenvalue weighted by molar-refractivity contribution is -0.130. The zero-order valence-electron chi connectivity index (χ0n) is 15.3. The smallest absolute Gasteiger partial charge is 0.222 e. The maximum atomic E-state index is 12.4. The van der Waals surface area contributed by atoms with Gasteiger partial charge >= 0.3 is 0 Å². The second-order valence-electron chi connectivity index (χ2n) is 6.82. The van der Waals surface area contributed by atoms with Gasteiger partial charge in [-0.15, -0.1) is 0 Å².